The molecule has 2 rings (SSSR count). The van der Waals surface area contributed by atoms with Crippen molar-refractivity contribution in [2.24, 2.45) is 5.92 Å². The number of hydrogen-bond acceptors (Lipinski definition) is 5. The third-order valence-electron chi connectivity index (χ3n) is 4.45. The van der Waals surface area contributed by atoms with Crippen LogP contribution in [0.4, 0.5) is 5.69 Å². The fourth-order valence-electron chi connectivity index (χ4n) is 2.90. The first kappa shape index (κ1) is 18.1. The molecule has 24 heavy (non-hydrogen) atoms. The molecule has 6 heteroatoms. The van der Waals surface area contributed by atoms with Gasteiger partial charge in [-0.1, -0.05) is 6.07 Å². The summed E-state index contributed by atoms with van der Waals surface area (Å²) in [6.45, 7) is 5.23. The molecule has 1 amide bonds. The number of piperazine rings is 1. The Kier molecular flexibility index (Phi) is 5.72. The Morgan fingerprint density at radius 3 is 2.54 bits per heavy atom. The second-order valence-corrected chi connectivity index (χ2v) is 6.28. The van der Waals surface area contributed by atoms with Gasteiger partial charge in [0.1, 0.15) is 11.7 Å². The van der Waals surface area contributed by atoms with Crippen molar-refractivity contribution in [1.29, 1.82) is 0 Å². The van der Waals surface area contributed by atoms with Crippen LogP contribution in [0.15, 0.2) is 18.2 Å². The van der Waals surface area contributed by atoms with Gasteiger partial charge in [-0.25, -0.2) is 0 Å². The number of anilines is 1. The summed E-state index contributed by atoms with van der Waals surface area (Å²) in [4.78, 5) is 39.4. The van der Waals surface area contributed by atoms with Gasteiger partial charge in [0.25, 0.3) is 0 Å². The van der Waals surface area contributed by atoms with Crippen molar-refractivity contribution in [3.63, 3.8) is 0 Å². The molecule has 1 atom stereocenters. The van der Waals surface area contributed by atoms with E-state index >= 15 is 0 Å². The molecule has 0 aliphatic carbocycles. The molecule has 1 aromatic carbocycles. The summed E-state index contributed by atoms with van der Waals surface area (Å²) in [5, 5.41) is 0. The van der Waals surface area contributed by atoms with E-state index in [1.165, 1.54) is 14.0 Å². The molecule has 0 radical (unpaired) electrons. The molecule has 130 valence electrons. The lowest BCUT2D eigenvalue weighted by Crippen LogP contribution is -2.48. The van der Waals surface area contributed by atoms with Crippen molar-refractivity contribution in [1.82, 2.24) is 4.90 Å². The van der Waals surface area contributed by atoms with E-state index in [2.05, 4.69) is 0 Å². The summed E-state index contributed by atoms with van der Waals surface area (Å²) in [6.07, 6.45) is 0.310. The first-order valence-electron chi connectivity index (χ1n) is 8.00. The Hall–Kier alpha value is -2.21. The van der Waals surface area contributed by atoms with Crippen molar-refractivity contribution < 1.29 is 19.1 Å². The molecule has 0 spiro atoms. The number of methoxy groups -OCH3 is 1. The molecule has 1 aliphatic heterocycles. The lowest BCUT2D eigenvalue weighted by atomic mass is 9.93. The van der Waals surface area contributed by atoms with Crippen molar-refractivity contribution in [3.05, 3.63) is 29.3 Å². The number of hydrogen-bond donors (Lipinski definition) is 0. The van der Waals surface area contributed by atoms with Crippen molar-refractivity contribution in [2.75, 3.05) is 38.7 Å². The van der Waals surface area contributed by atoms with E-state index in [1.807, 2.05) is 37.1 Å². The van der Waals surface area contributed by atoms with Gasteiger partial charge >= 0.3 is 5.97 Å². The fourth-order valence-corrected chi connectivity index (χ4v) is 2.90. The van der Waals surface area contributed by atoms with Gasteiger partial charge in [-0.15, -0.1) is 0 Å². The van der Waals surface area contributed by atoms with E-state index in [4.69, 9.17) is 4.74 Å². The van der Waals surface area contributed by atoms with Crippen LogP contribution in [0.25, 0.3) is 0 Å². The number of carbonyl (C=O) groups excluding carboxylic acids is 3. The minimum Gasteiger partial charge on any atom is -0.468 e. The van der Waals surface area contributed by atoms with Gasteiger partial charge in [-0.2, -0.15) is 0 Å². The summed E-state index contributed by atoms with van der Waals surface area (Å²) in [5.74, 6) is -1.43. The number of benzene rings is 1. The molecule has 1 aromatic rings. The number of nitrogens with zero attached hydrogens (tertiary/aromatic N) is 2. The number of Topliss-reactive ketones (excluding diaryl/α,β-unsaturated/α-hetero) is 1. The predicted octanol–water partition coefficient (Wildman–Crippen LogP) is 1.19. The van der Waals surface area contributed by atoms with Gasteiger partial charge in [0, 0.05) is 18.8 Å². The van der Waals surface area contributed by atoms with Crippen LogP contribution in [0.1, 0.15) is 18.1 Å². The van der Waals surface area contributed by atoms with E-state index in [-0.39, 0.29) is 11.7 Å². The van der Waals surface area contributed by atoms with Crippen LogP contribution in [0.2, 0.25) is 0 Å². The van der Waals surface area contributed by atoms with Gasteiger partial charge in [-0.05, 0) is 50.6 Å². The Morgan fingerprint density at radius 1 is 1.29 bits per heavy atom. The molecule has 6 nitrogen and oxygen atoms in total. The maximum Gasteiger partial charge on any atom is 0.316 e. The number of rotatable bonds is 5. The van der Waals surface area contributed by atoms with E-state index in [0.29, 0.717) is 19.5 Å². The summed E-state index contributed by atoms with van der Waals surface area (Å²) >= 11 is 0. The quantitative estimate of drug-likeness (QED) is 0.599. The maximum absolute atomic E-state index is 12.2. The third-order valence-corrected chi connectivity index (χ3v) is 4.45. The van der Waals surface area contributed by atoms with E-state index < -0.39 is 11.9 Å². The van der Waals surface area contributed by atoms with Crippen LogP contribution in [0, 0.1) is 12.8 Å². The Labute approximate surface area is 142 Å². The molecule has 1 saturated heterocycles. The zero-order valence-electron chi connectivity index (χ0n) is 14.7. The number of esters is 1. The number of likely N-dealkylation sites (N-methyl/N-ethyl adjacent to an activating group) is 1. The highest BCUT2D eigenvalue weighted by Gasteiger charge is 2.26. The largest absolute Gasteiger partial charge is 0.468 e. The normalized spacial score (nSPS) is 16.8. The number of ketones is 1. The van der Waals surface area contributed by atoms with Crippen LogP contribution >= 0.6 is 0 Å². The van der Waals surface area contributed by atoms with Gasteiger partial charge < -0.3 is 9.64 Å². The fraction of sp³-hybridized carbons (Fsp3) is 0.500. The predicted molar refractivity (Wildman–Crippen MR) is 90.9 cm³/mol. The SMILES string of the molecule is COC(=O)C(Cc1ccc(N2CCN(C)CC2=O)cc1C)C(C)=O. The second kappa shape index (κ2) is 7.57. The van der Waals surface area contributed by atoms with E-state index in [9.17, 15) is 14.4 Å². The number of amides is 1. The maximum atomic E-state index is 12.2. The Bertz CT molecular complexity index is 656. The minimum absolute atomic E-state index is 0.0760. The molecular formula is C18H24N2O4. The van der Waals surface area contributed by atoms with E-state index in [1.54, 1.807) is 4.90 Å². The van der Waals surface area contributed by atoms with Crippen LogP contribution < -0.4 is 4.90 Å². The molecule has 1 fully saturated rings. The van der Waals surface area contributed by atoms with Crippen molar-refractivity contribution >= 4 is 23.3 Å². The molecular weight excluding hydrogens is 308 g/mol. The number of carbonyl (C=O) groups is 3. The summed E-state index contributed by atoms with van der Waals surface area (Å²) < 4.78 is 4.71. The zero-order chi connectivity index (χ0) is 17.9. The van der Waals surface area contributed by atoms with E-state index in [0.717, 1.165) is 23.4 Å². The highest BCUT2D eigenvalue weighted by Crippen LogP contribution is 2.23. The monoisotopic (exact) mass is 332 g/mol. The first-order chi connectivity index (χ1) is 11.3. The Balaban J connectivity index is 2.19. The van der Waals surface area contributed by atoms with Crippen LogP contribution in [-0.4, -0.2) is 56.4 Å². The molecule has 1 heterocycles. The highest BCUT2D eigenvalue weighted by atomic mass is 16.5. The molecule has 0 bridgehead atoms. The molecule has 1 aliphatic rings. The van der Waals surface area contributed by atoms with Gasteiger partial charge in [0.15, 0.2) is 0 Å². The summed E-state index contributed by atoms with van der Waals surface area (Å²) in [5.41, 5.74) is 2.71. The second-order valence-electron chi connectivity index (χ2n) is 6.28. The minimum atomic E-state index is -0.787. The molecule has 0 aromatic heterocycles. The average Bonchev–Trinajstić information content (AvgIpc) is 2.52. The average molecular weight is 332 g/mol. The standard InChI is InChI=1S/C18H24N2O4/c1-12-9-15(20-8-7-19(3)11-17(20)22)6-5-14(12)10-16(13(2)21)18(23)24-4/h5-6,9,16H,7-8,10-11H2,1-4H3. The number of aryl methyl sites for hydroxylation is 1. The summed E-state index contributed by atoms with van der Waals surface area (Å²) in [7, 11) is 3.21. The zero-order valence-corrected chi connectivity index (χ0v) is 14.7. The topological polar surface area (TPSA) is 66.9 Å². The highest BCUT2D eigenvalue weighted by molar-refractivity contribution is 5.98. The Morgan fingerprint density at radius 2 is 2.00 bits per heavy atom. The van der Waals surface area contributed by atoms with Crippen molar-refractivity contribution in [3.8, 4) is 0 Å². The lowest BCUT2D eigenvalue weighted by Gasteiger charge is -2.32. The van der Waals surface area contributed by atoms with Gasteiger partial charge in [0.2, 0.25) is 5.91 Å². The van der Waals surface area contributed by atoms with Gasteiger partial charge in [-0.3, -0.25) is 19.3 Å². The van der Waals surface area contributed by atoms with Crippen molar-refractivity contribution in [2.45, 2.75) is 20.3 Å². The number of ether oxygens (including phenoxy) is 1. The van der Waals surface area contributed by atoms with Crippen LogP contribution in [-0.2, 0) is 25.5 Å². The molecule has 1 unspecified atom stereocenters. The molecule has 0 N–H and O–H groups in total. The third kappa shape index (κ3) is 4.00. The van der Waals surface area contributed by atoms with Crippen LogP contribution in [0.5, 0.6) is 0 Å². The van der Waals surface area contributed by atoms with Gasteiger partial charge in [0.05, 0.1) is 13.7 Å². The summed E-state index contributed by atoms with van der Waals surface area (Å²) in [6, 6.07) is 5.70. The lowest BCUT2D eigenvalue weighted by molar-refractivity contribution is -0.148. The first-order valence-corrected chi connectivity index (χ1v) is 8.00. The molecule has 0 saturated carbocycles. The smallest absolute Gasteiger partial charge is 0.316 e. The van der Waals surface area contributed by atoms with Crippen LogP contribution in [0.3, 0.4) is 0 Å².